The third-order valence-electron chi connectivity index (χ3n) is 7.88. The summed E-state index contributed by atoms with van der Waals surface area (Å²) in [4.78, 5) is 30.0. The van der Waals surface area contributed by atoms with E-state index in [1.165, 1.54) is 36.3 Å². The normalized spacial score (nSPS) is 12.6. The van der Waals surface area contributed by atoms with E-state index in [-0.39, 0.29) is 40.5 Å². The number of sulfonamides is 1. The van der Waals surface area contributed by atoms with Gasteiger partial charge in [-0.05, 0) is 67.8 Å². The topological polar surface area (TPSA) is 96.0 Å². The maximum Gasteiger partial charge on any atom is 0.264 e. The van der Waals surface area contributed by atoms with E-state index in [0.717, 1.165) is 15.4 Å². The molecule has 0 aliphatic rings. The first-order valence-corrected chi connectivity index (χ1v) is 17.4. The molecule has 1 N–H and O–H groups in total. The molecule has 2 amide bonds. The van der Waals surface area contributed by atoms with Crippen LogP contribution in [0.5, 0.6) is 5.75 Å². The van der Waals surface area contributed by atoms with Crippen LogP contribution < -0.4 is 14.4 Å². The molecular weight excluding hydrogens is 657 g/mol. The Morgan fingerprint density at radius 3 is 2.17 bits per heavy atom. The lowest BCUT2D eigenvalue weighted by atomic mass is 10.0. The Morgan fingerprint density at radius 2 is 1.55 bits per heavy atom. The Morgan fingerprint density at radius 1 is 0.894 bits per heavy atom. The molecule has 0 heterocycles. The van der Waals surface area contributed by atoms with Crippen molar-refractivity contribution in [3.63, 3.8) is 0 Å². The monoisotopic (exact) mass is 695 g/mol. The Balaban J connectivity index is 1.84. The number of carbonyl (C=O) groups excluding carboxylic acids is 2. The van der Waals surface area contributed by atoms with Crippen molar-refractivity contribution in [3.05, 3.63) is 124 Å². The number of nitrogens with one attached hydrogen (secondary N) is 1. The van der Waals surface area contributed by atoms with Gasteiger partial charge in [-0.1, -0.05) is 96.4 Å². The number of methoxy groups -OCH3 is 1. The third kappa shape index (κ3) is 9.06. The highest BCUT2D eigenvalue weighted by Crippen LogP contribution is 2.32. The third-order valence-corrected chi connectivity index (χ3v) is 10.3. The van der Waals surface area contributed by atoms with Gasteiger partial charge in [0.1, 0.15) is 18.3 Å². The minimum atomic E-state index is -4.28. The maximum atomic E-state index is 14.6. The zero-order chi connectivity index (χ0) is 34.1. The van der Waals surface area contributed by atoms with E-state index in [1.807, 2.05) is 51.1 Å². The van der Waals surface area contributed by atoms with Crippen molar-refractivity contribution < 1.29 is 22.7 Å². The molecule has 4 aromatic carbocycles. The predicted molar refractivity (Wildman–Crippen MR) is 188 cm³/mol. The lowest BCUT2D eigenvalue weighted by Gasteiger charge is -2.34. The van der Waals surface area contributed by atoms with Gasteiger partial charge in [-0.15, -0.1) is 0 Å². The van der Waals surface area contributed by atoms with E-state index in [9.17, 15) is 18.0 Å². The van der Waals surface area contributed by atoms with E-state index in [2.05, 4.69) is 5.32 Å². The maximum absolute atomic E-state index is 14.6. The number of hydrogen-bond donors (Lipinski definition) is 1. The van der Waals surface area contributed by atoms with Crippen molar-refractivity contribution in [2.45, 2.75) is 57.1 Å². The van der Waals surface area contributed by atoms with Gasteiger partial charge in [-0.25, -0.2) is 8.42 Å². The number of nitrogens with zero attached hydrogens (tertiary/aromatic N) is 2. The summed E-state index contributed by atoms with van der Waals surface area (Å²) >= 11 is 13.0. The molecule has 4 rings (SSSR count). The van der Waals surface area contributed by atoms with Crippen molar-refractivity contribution >= 4 is 50.7 Å². The molecule has 4 aromatic rings. The van der Waals surface area contributed by atoms with Crippen molar-refractivity contribution in [2.75, 3.05) is 18.0 Å². The van der Waals surface area contributed by atoms with Crippen LogP contribution in [0, 0.1) is 6.92 Å². The van der Waals surface area contributed by atoms with E-state index in [0.29, 0.717) is 22.8 Å². The predicted octanol–water partition coefficient (Wildman–Crippen LogP) is 7.06. The van der Waals surface area contributed by atoms with Crippen molar-refractivity contribution in [3.8, 4) is 5.75 Å². The number of anilines is 1. The lowest BCUT2D eigenvalue weighted by molar-refractivity contribution is -0.140. The molecule has 8 nitrogen and oxygen atoms in total. The first kappa shape index (κ1) is 35.8. The standard InChI is InChI=1S/C36H39Cl2N3O5S/c1-5-26(3)39-36(43)33(21-27-11-7-6-8-12-27)40(23-28-13-9-10-14-31(28)37)35(42)24-41(29-17-20-34(46-4)32(38)22-29)47(44,45)30-18-15-25(2)16-19-30/h6-20,22,26,33H,5,21,23-24H2,1-4H3,(H,39,43)/t26-,33-/m0/s1. The average Bonchev–Trinajstić information content (AvgIpc) is 3.06. The van der Waals surface area contributed by atoms with E-state index < -0.39 is 28.5 Å². The fraction of sp³-hybridized carbons (Fsp3) is 0.278. The second-order valence-corrected chi connectivity index (χ2v) is 14.0. The van der Waals surface area contributed by atoms with Crippen molar-refractivity contribution in [1.29, 1.82) is 0 Å². The summed E-state index contributed by atoms with van der Waals surface area (Å²) in [6.07, 6.45) is 0.876. The van der Waals surface area contributed by atoms with Crippen LogP contribution in [-0.2, 0) is 32.6 Å². The summed E-state index contributed by atoms with van der Waals surface area (Å²) < 4.78 is 34.8. The van der Waals surface area contributed by atoms with Gasteiger partial charge in [0, 0.05) is 24.0 Å². The van der Waals surface area contributed by atoms with Crippen LogP contribution in [0.15, 0.2) is 102 Å². The Kier molecular flexibility index (Phi) is 12.3. The number of halogens is 2. The van der Waals surface area contributed by atoms with Gasteiger partial charge in [0.2, 0.25) is 11.8 Å². The van der Waals surface area contributed by atoms with Gasteiger partial charge >= 0.3 is 0 Å². The van der Waals surface area contributed by atoms with Crippen LogP contribution in [-0.4, -0.2) is 50.9 Å². The minimum Gasteiger partial charge on any atom is -0.495 e. The van der Waals surface area contributed by atoms with Crippen LogP contribution in [0.3, 0.4) is 0 Å². The van der Waals surface area contributed by atoms with Gasteiger partial charge in [0.05, 0.1) is 22.7 Å². The van der Waals surface area contributed by atoms with Crippen LogP contribution in [0.1, 0.15) is 37.0 Å². The van der Waals surface area contributed by atoms with Crippen LogP contribution in [0.4, 0.5) is 5.69 Å². The molecule has 0 saturated heterocycles. The largest absolute Gasteiger partial charge is 0.495 e. The van der Waals surface area contributed by atoms with Crippen LogP contribution in [0.2, 0.25) is 10.0 Å². The van der Waals surface area contributed by atoms with Gasteiger partial charge in [-0.3, -0.25) is 13.9 Å². The SMILES string of the molecule is CC[C@H](C)NC(=O)[C@H](Cc1ccccc1)N(Cc1ccccc1Cl)C(=O)CN(c1ccc(OC)c(Cl)c1)S(=O)(=O)c1ccc(C)cc1. The molecule has 2 atom stereocenters. The molecule has 11 heteroatoms. The molecule has 0 aliphatic heterocycles. The molecule has 0 unspecified atom stereocenters. The number of carbonyl (C=O) groups is 2. The Labute approximate surface area is 287 Å². The van der Waals surface area contributed by atoms with Gasteiger partial charge in [0.25, 0.3) is 10.0 Å². The molecule has 0 fully saturated rings. The highest BCUT2D eigenvalue weighted by molar-refractivity contribution is 7.92. The molecule has 0 radical (unpaired) electrons. The summed E-state index contributed by atoms with van der Waals surface area (Å²) in [7, 11) is -2.83. The number of amides is 2. The van der Waals surface area contributed by atoms with E-state index in [1.54, 1.807) is 42.5 Å². The Bertz CT molecular complexity index is 1790. The summed E-state index contributed by atoms with van der Waals surface area (Å²) in [5.74, 6) is -0.615. The van der Waals surface area contributed by atoms with E-state index in [4.69, 9.17) is 27.9 Å². The molecule has 0 saturated carbocycles. The smallest absolute Gasteiger partial charge is 0.264 e. The minimum absolute atomic E-state index is 0.00385. The first-order valence-electron chi connectivity index (χ1n) is 15.2. The molecule has 0 bridgehead atoms. The highest BCUT2D eigenvalue weighted by Gasteiger charge is 2.35. The number of ether oxygens (including phenoxy) is 1. The molecule has 0 aromatic heterocycles. The van der Waals surface area contributed by atoms with Gasteiger partial charge in [0.15, 0.2) is 0 Å². The molecule has 47 heavy (non-hydrogen) atoms. The molecular formula is C36H39Cl2N3O5S. The lowest BCUT2D eigenvalue weighted by Crippen LogP contribution is -2.54. The molecule has 0 aliphatic carbocycles. The second kappa shape index (κ2) is 16.2. The number of hydrogen-bond acceptors (Lipinski definition) is 5. The zero-order valence-corrected chi connectivity index (χ0v) is 29.1. The van der Waals surface area contributed by atoms with Gasteiger partial charge < -0.3 is 15.0 Å². The summed E-state index contributed by atoms with van der Waals surface area (Å²) in [6, 6.07) is 26.1. The highest BCUT2D eigenvalue weighted by atomic mass is 35.5. The first-order chi connectivity index (χ1) is 22.4. The average molecular weight is 697 g/mol. The van der Waals surface area contributed by atoms with Gasteiger partial charge in [-0.2, -0.15) is 0 Å². The Hall–Kier alpha value is -4.05. The van der Waals surface area contributed by atoms with Crippen molar-refractivity contribution in [1.82, 2.24) is 10.2 Å². The number of aryl methyl sites for hydroxylation is 1. The second-order valence-electron chi connectivity index (χ2n) is 11.3. The number of benzene rings is 4. The molecule has 0 spiro atoms. The summed E-state index contributed by atoms with van der Waals surface area (Å²) in [5.41, 5.74) is 2.48. The number of rotatable bonds is 14. The van der Waals surface area contributed by atoms with Crippen LogP contribution >= 0.6 is 23.2 Å². The van der Waals surface area contributed by atoms with Crippen molar-refractivity contribution in [2.24, 2.45) is 0 Å². The summed E-state index contributed by atoms with van der Waals surface area (Å²) in [6.45, 7) is 5.04. The fourth-order valence-electron chi connectivity index (χ4n) is 4.98. The summed E-state index contributed by atoms with van der Waals surface area (Å²) in [5, 5.41) is 3.61. The van der Waals surface area contributed by atoms with E-state index >= 15 is 0 Å². The zero-order valence-electron chi connectivity index (χ0n) is 26.8. The fourth-order valence-corrected chi connectivity index (χ4v) is 6.84. The molecule has 248 valence electrons. The quantitative estimate of drug-likeness (QED) is 0.152. The van der Waals surface area contributed by atoms with Crippen LogP contribution in [0.25, 0.3) is 0 Å².